The fraction of sp³-hybridized carbons (Fsp3) is 0.429. The molecule has 0 spiro atoms. The van der Waals surface area contributed by atoms with Crippen LogP contribution < -0.4 is 5.32 Å². The van der Waals surface area contributed by atoms with Crippen molar-refractivity contribution in [3.05, 3.63) is 35.4 Å². The summed E-state index contributed by atoms with van der Waals surface area (Å²) < 4.78 is 0. The number of phenolic OH excluding ortho intramolecular Hbond substituents is 2. The summed E-state index contributed by atoms with van der Waals surface area (Å²) in [6, 6.07) is 4.93. The van der Waals surface area contributed by atoms with E-state index in [1.165, 1.54) is 25.3 Å². The zero-order valence-corrected chi connectivity index (χ0v) is 9.95. The van der Waals surface area contributed by atoms with Gasteiger partial charge in [0.05, 0.1) is 0 Å². The van der Waals surface area contributed by atoms with E-state index in [2.05, 4.69) is 11.4 Å². The Morgan fingerprint density at radius 3 is 2.76 bits per heavy atom. The number of allylic oxidation sites excluding steroid dienone is 1. The van der Waals surface area contributed by atoms with Crippen LogP contribution in [0.2, 0.25) is 0 Å². The van der Waals surface area contributed by atoms with E-state index >= 15 is 0 Å². The first-order chi connectivity index (χ1) is 8.25. The average molecular weight is 233 g/mol. The fourth-order valence-corrected chi connectivity index (χ4v) is 2.13. The molecule has 1 aliphatic carbocycles. The maximum Gasteiger partial charge on any atom is 0.157 e. The zero-order valence-electron chi connectivity index (χ0n) is 9.95. The SMILES string of the molecule is Oc1ccc(CNCCC2=CCCC2)cc1O. The molecule has 17 heavy (non-hydrogen) atoms. The summed E-state index contributed by atoms with van der Waals surface area (Å²) in [4.78, 5) is 0. The van der Waals surface area contributed by atoms with Crippen molar-refractivity contribution in [2.75, 3.05) is 6.54 Å². The Balaban J connectivity index is 1.72. The number of nitrogens with one attached hydrogen (secondary N) is 1. The lowest BCUT2D eigenvalue weighted by atomic mass is 10.1. The lowest BCUT2D eigenvalue weighted by Gasteiger charge is -2.06. The molecule has 0 amide bonds. The molecule has 0 aromatic heterocycles. The third-order valence-corrected chi connectivity index (χ3v) is 3.13. The van der Waals surface area contributed by atoms with Crippen LogP contribution in [0.1, 0.15) is 31.2 Å². The van der Waals surface area contributed by atoms with Gasteiger partial charge in [0.25, 0.3) is 0 Å². The summed E-state index contributed by atoms with van der Waals surface area (Å²) in [5.74, 6) is -0.118. The molecule has 3 heteroatoms. The lowest BCUT2D eigenvalue weighted by Crippen LogP contribution is -2.14. The quantitative estimate of drug-likeness (QED) is 0.416. The first-order valence-electron chi connectivity index (χ1n) is 6.15. The molecule has 0 fully saturated rings. The molecule has 3 nitrogen and oxygen atoms in total. The standard InChI is InChI=1S/C14H19NO2/c16-13-6-5-12(9-14(13)17)10-15-8-7-11-3-1-2-4-11/h3,5-6,9,15-17H,1-2,4,7-8,10H2. The van der Waals surface area contributed by atoms with Gasteiger partial charge in [0, 0.05) is 6.54 Å². The summed E-state index contributed by atoms with van der Waals surface area (Å²) in [6.45, 7) is 1.69. The van der Waals surface area contributed by atoms with Gasteiger partial charge in [0.2, 0.25) is 0 Å². The molecule has 0 atom stereocenters. The molecule has 0 radical (unpaired) electrons. The van der Waals surface area contributed by atoms with Crippen molar-refractivity contribution in [2.45, 2.75) is 32.2 Å². The van der Waals surface area contributed by atoms with E-state index in [9.17, 15) is 10.2 Å². The third-order valence-electron chi connectivity index (χ3n) is 3.13. The zero-order chi connectivity index (χ0) is 12.1. The van der Waals surface area contributed by atoms with Crippen LogP contribution in [0.5, 0.6) is 11.5 Å². The highest BCUT2D eigenvalue weighted by Gasteiger charge is 2.04. The maximum atomic E-state index is 9.34. The van der Waals surface area contributed by atoms with Gasteiger partial charge in [-0.15, -0.1) is 0 Å². The van der Waals surface area contributed by atoms with E-state index in [1.807, 2.05) is 6.07 Å². The van der Waals surface area contributed by atoms with Gasteiger partial charge in [-0.2, -0.15) is 0 Å². The Bertz CT molecular complexity index is 413. The lowest BCUT2D eigenvalue weighted by molar-refractivity contribution is 0.403. The molecule has 0 saturated heterocycles. The minimum atomic E-state index is -0.0649. The van der Waals surface area contributed by atoms with E-state index in [1.54, 1.807) is 11.6 Å². The largest absolute Gasteiger partial charge is 0.504 e. The van der Waals surface area contributed by atoms with E-state index in [4.69, 9.17) is 0 Å². The van der Waals surface area contributed by atoms with Crippen molar-refractivity contribution in [3.8, 4) is 11.5 Å². The first-order valence-corrected chi connectivity index (χ1v) is 6.15. The molecule has 1 aromatic carbocycles. The average Bonchev–Trinajstić information content (AvgIpc) is 2.82. The summed E-state index contributed by atoms with van der Waals surface area (Å²) in [5.41, 5.74) is 2.55. The highest BCUT2D eigenvalue weighted by atomic mass is 16.3. The van der Waals surface area contributed by atoms with Gasteiger partial charge in [-0.3, -0.25) is 0 Å². The highest BCUT2D eigenvalue weighted by Crippen LogP contribution is 2.24. The summed E-state index contributed by atoms with van der Waals surface area (Å²) >= 11 is 0. The molecular weight excluding hydrogens is 214 g/mol. The minimum Gasteiger partial charge on any atom is -0.504 e. The molecule has 0 heterocycles. The van der Waals surface area contributed by atoms with Crippen molar-refractivity contribution < 1.29 is 10.2 Å². The minimum absolute atomic E-state index is 0.0530. The van der Waals surface area contributed by atoms with Gasteiger partial charge < -0.3 is 15.5 Å². The fourth-order valence-electron chi connectivity index (χ4n) is 2.13. The topological polar surface area (TPSA) is 52.5 Å². The van der Waals surface area contributed by atoms with E-state index in [-0.39, 0.29) is 11.5 Å². The number of rotatable bonds is 5. The number of aromatic hydroxyl groups is 2. The monoisotopic (exact) mass is 233 g/mol. The number of hydrogen-bond donors (Lipinski definition) is 3. The van der Waals surface area contributed by atoms with Crippen LogP contribution in [0.4, 0.5) is 0 Å². The molecular formula is C14H19NO2. The van der Waals surface area contributed by atoms with E-state index < -0.39 is 0 Å². The first kappa shape index (κ1) is 12.0. The Hall–Kier alpha value is -1.48. The van der Waals surface area contributed by atoms with Crippen LogP contribution in [0.3, 0.4) is 0 Å². The van der Waals surface area contributed by atoms with Crippen LogP contribution in [0, 0.1) is 0 Å². The Labute approximate surface area is 102 Å². The number of phenols is 2. The highest BCUT2D eigenvalue weighted by molar-refractivity contribution is 5.40. The predicted octanol–water partition coefficient (Wildman–Crippen LogP) is 2.69. The van der Waals surface area contributed by atoms with Crippen LogP contribution in [-0.2, 0) is 6.54 Å². The molecule has 2 rings (SSSR count). The molecule has 3 N–H and O–H groups in total. The van der Waals surface area contributed by atoms with Crippen LogP contribution in [0.25, 0.3) is 0 Å². The second-order valence-corrected chi connectivity index (χ2v) is 4.50. The van der Waals surface area contributed by atoms with E-state index in [0.717, 1.165) is 25.1 Å². The molecule has 0 unspecified atom stereocenters. The smallest absolute Gasteiger partial charge is 0.157 e. The van der Waals surface area contributed by atoms with Gasteiger partial charge in [-0.1, -0.05) is 17.7 Å². The molecule has 92 valence electrons. The normalized spacial score (nSPS) is 14.9. The Morgan fingerprint density at radius 2 is 2.06 bits per heavy atom. The van der Waals surface area contributed by atoms with Crippen molar-refractivity contribution in [2.24, 2.45) is 0 Å². The third kappa shape index (κ3) is 3.49. The molecule has 0 aliphatic heterocycles. The molecule has 1 aromatic rings. The van der Waals surface area contributed by atoms with Gasteiger partial charge >= 0.3 is 0 Å². The molecule has 0 saturated carbocycles. The Morgan fingerprint density at radius 1 is 1.18 bits per heavy atom. The van der Waals surface area contributed by atoms with Crippen LogP contribution in [-0.4, -0.2) is 16.8 Å². The van der Waals surface area contributed by atoms with Crippen molar-refractivity contribution in [1.29, 1.82) is 0 Å². The van der Waals surface area contributed by atoms with Gasteiger partial charge in [-0.05, 0) is 49.9 Å². The summed E-state index contributed by atoms with van der Waals surface area (Å²) in [6.07, 6.45) is 7.25. The van der Waals surface area contributed by atoms with Crippen molar-refractivity contribution >= 4 is 0 Å². The summed E-state index contributed by atoms with van der Waals surface area (Å²) in [5, 5.41) is 21.9. The molecule has 0 bridgehead atoms. The van der Waals surface area contributed by atoms with Crippen LogP contribution in [0.15, 0.2) is 29.8 Å². The summed E-state index contributed by atoms with van der Waals surface area (Å²) in [7, 11) is 0. The second kappa shape index (κ2) is 5.73. The van der Waals surface area contributed by atoms with Crippen molar-refractivity contribution in [1.82, 2.24) is 5.32 Å². The number of benzene rings is 1. The second-order valence-electron chi connectivity index (χ2n) is 4.50. The Kier molecular flexibility index (Phi) is 4.04. The van der Waals surface area contributed by atoms with E-state index in [0.29, 0.717) is 0 Å². The predicted molar refractivity (Wildman–Crippen MR) is 68.0 cm³/mol. The van der Waals surface area contributed by atoms with Crippen LogP contribution >= 0.6 is 0 Å². The molecule has 1 aliphatic rings. The maximum absolute atomic E-state index is 9.34. The number of hydrogen-bond acceptors (Lipinski definition) is 3. The van der Waals surface area contributed by atoms with Crippen molar-refractivity contribution in [3.63, 3.8) is 0 Å². The van der Waals surface area contributed by atoms with Gasteiger partial charge in [0.15, 0.2) is 11.5 Å². The van der Waals surface area contributed by atoms with Gasteiger partial charge in [-0.25, -0.2) is 0 Å². The van der Waals surface area contributed by atoms with Gasteiger partial charge in [0.1, 0.15) is 0 Å².